The van der Waals surface area contributed by atoms with Crippen LogP contribution in [0.2, 0.25) is 0 Å². The first-order chi connectivity index (χ1) is 15.0. The SMILES string of the molecule is CCOc1cc(/C=C(/C#N)c2ccc(C(=O)O)cc2)ccc1OCc1cccc(C)c1. The number of carboxylic acids is 1. The lowest BCUT2D eigenvalue weighted by atomic mass is 10.0. The number of nitrogens with zero attached hydrogens (tertiary/aromatic N) is 1. The minimum absolute atomic E-state index is 0.176. The molecule has 5 nitrogen and oxygen atoms in total. The summed E-state index contributed by atoms with van der Waals surface area (Å²) in [6.07, 6.45) is 1.74. The average molecular weight is 413 g/mol. The molecule has 0 spiro atoms. The largest absolute Gasteiger partial charge is 0.490 e. The van der Waals surface area contributed by atoms with E-state index in [-0.39, 0.29) is 5.56 Å². The number of carbonyl (C=O) groups is 1. The molecule has 0 aliphatic heterocycles. The van der Waals surface area contributed by atoms with Crippen LogP contribution in [0.25, 0.3) is 11.6 Å². The summed E-state index contributed by atoms with van der Waals surface area (Å²) in [7, 11) is 0. The lowest BCUT2D eigenvalue weighted by Gasteiger charge is -2.13. The first-order valence-corrected chi connectivity index (χ1v) is 9.91. The molecule has 0 radical (unpaired) electrons. The third-order valence-electron chi connectivity index (χ3n) is 4.62. The predicted octanol–water partition coefficient (Wildman–Crippen LogP) is 5.74. The minimum Gasteiger partial charge on any atom is -0.490 e. The van der Waals surface area contributed by atoms with E-state index in [1.165, 1.54) is 17.7 Å². The molecule has 0 fully saturated rings. The van der Waals surface area contributed by atoms with Gasteiger partial charge >= 0.3 is 5.97 Å². The fourth-order valence-corrected chi connectivity index (χ4v) is 3.10. The highest BCUT2D eigenvalue weighted by Crippen LogP contribution is 2.31. The third-order valence-corrected chi connectivity index (χ3v) is 4.62. The average Bonchev–Trinajstić information content (AvgIpc) is 2.77. The summed E-state index contributed by atoms with van der Waals surface area (Å²) in [5.41, 5.74) is 4.27. The van der Waals surface area contributed by atoms with Crippen molar-refractivity contribution in [3.8, 4) is 17.6 Å². The molecule has 31 heavy (non-hydrogen) atoms. The van der Waals surface area contributed by atoms with Gasteiger partial charge < -0.3 is 14.6 Å². The summed E-state index contributed by atoms with van der Waals surface area (Å²) in [5.74, 6) is 0.226. The molecule has 156 valence electrons. The number of aromatic carboxylic acids is 1. The van der Waals surface area contributed by atoms with Crippen LogP contribution >= 0.6 is 0 Å². The van der Waals surface area contributed by atoms with E-state index in [1.807, 2.05) is 50.2 Å². The van der Waals surface area contributed by atoms with Crippen LogP contribution in [0.3, 0.4) is 0 Å². The second kappa shape index (κ2) is 10.1. The van der Waals surface area contributed by atoms with E-state index in [4.69, 9.17) is 14.6 Å². The Morgan fingerprint density at radius 1 is 1.00 bits per heavy atom. The molecule has 1 N–H and O–H groups in total. The van der Waals surface area contributed by atoms with E-state index in [0.717, 1.165) is 11.1 Å². The van der Waals surface area contributed by atoms with Gasteiger partial charge in [0.2, 0.25) is 0 Å². The second-order valence-corrected chi connectivity index (χ2v) is 6.97. The van der Waals surface area contributed by atoms with Crippen molar-refractivity contribution >= 4 is 17.6 Å². The van der Waals surface area contributed by atoms with Gasteiger partial charge in [0.1, 0.15) is 6.61 Å². The molecule has 0 heterocycles. The van der Waals surface area contributed by atoms with Crippen LogP contribution in [0.4, 0.5) is 0 Å². The topological polar surface area (TPSA) is 79.5 Å². The number of nitriles is 1. The molecule has 0 aliphatic carbocycles. The number of hydrogen-bond acceptors (Lipinski definition) is 4. The van der Waals surface area contributed by atoms with Crippen molar-refractivity contribution in [2.24, 2.45) is 0 Å². The highest BCUT2D eigenvalue weighted by molar-refractivity contribution is 5.92. The number of aryl methyl sites for hydroxylation is 1. The van der Waals surface area contributed by atoms with Crippen molar-refractivity contribution in [1.29, 1.82) is 5.26 Å². The van der Waals surface area contributed by atoms with E-state index >= 15 is 0 Å². The van der Waals surface area contributed by atoms with Gasteiger partial charge in [0.15, 0.2) is 11.5 Å². The molecule has 0 amide bonds. The Hall–Kier alpha value is -4.04. The second-order valence-electron chi connectivity index (χ2n) is 6.97. The molecular weight excluding hydrogens is 390 g/mol. The molecule has 5 heteroatoms. The highest BCUT2D eigenvalue weighted by Gasteiger charge is 2.09. The van der Waals surface area contributed by atoms with Gasteiger partial charge in [-0.25, -0.2) is 4.79 Å². The zero-order chi connectivity index (χ0) is 22.2. The number of benzene rings is 3. The zero-order valence-corrected chi connectivity index (χ0v) is 17.5. The molecule has 0 aliphatic rings. The van der Waals surface area contributed by atoms with Crippen LogP contribution in [0.15, 0.2) is 66.7 Å². The van der Waals surface area contributed by atoms with Crippen molar-refractivity contribution in [3.05, 3.63) is 94.5 Å². The van der Waals surface area contributed by atoms with E-state index in [1.54, 1.807) is 18.2 Å². The highest BCUT2D eigenvalue weighted by atomic mass is 16.5. The molecule has 0 saturated heterocycles. The van der Waals surface area contributed by atoms with E-state index < -0.39 is 5.97 Å². The van der Waals surface area contributed by atoms with E-state index in [2.05, 4.69) is 12.1 Å². The third kappa shape index (κ3) is 5.74. The molecule has 0 aromatic heterocycles. The molecule has 0 saturated carbocycles. The van der Waals surface area contributed by atoms with Gasteiger partial charge in [0, 0.05) is 0 Å². The fourth-order valence-electron chi connectivity index (χ4n) is 3.10. The molecule has 0 unspecified atom stereocenters. The Bertz CT molecular complexity index is 1140. The number of ether oxygens (including phenoxy) is 2. The van der Waals surface area contributed by atoms with Crippen LogP contribution in [0.5, 0.6) is 11.5 Å². The van der Waals surface area contributed by atoms with Crippen molar-refractivity contribution < 1.29 is 19.4 Å². The lowest BCUT2D eigenvalue weighted by molar-refractivity contribution is 0.0697. The number of hydrogen-bond donors (Lipinski definition) is 1. The van der Waals surface area contributed by atoms with Gasteiger partial charge in [0.25, 0.3) is 0 Å². The fraction of sp³-hybridized carbons (Fsp3) is 0.154. The Balaban J connectivity index is 1.84. The summed E-state index contributed by atoms with van der Waals surface area (Å²) in [6, 6.07) is 22.0. The maximum Gasteiger partial charge on any atom is 0.335 e. The van der Waals surface area contributed by atoms with Crippen LogP contribution < -0.4 is 9.47 Å². The summed E-state index contributed by atoms with van der Waals surface area (Å²) in [6.45, 7) is 4.85. The molecule has 0 bridgehead atoms. The van der Waals surface area contributed by atoms with Crippen LogP contribution in [0.1, 0.15) is 39.5 Å². The zero-order valence-electron chi connectivity index (χ0n) is 17.5. The molecule has 0 atom stereocenters. The van der Waals surface area contributed by atoms with E-state index in [9.17, 15) is 10.1 Å². The Kier molecular flexibility index (Phi) is 7.08. The molecular formula is C26H23NO4. The quantitative estimate of drug-likeness (QED) is 0.376. The van der Waals surface area contributed by atoms with Crippen LogP contribution in [0, 0.1) is 18.3 Å². The summed E-state index contributed by atoms with van der Waals surface area (Å²) in [5, 5.41) is 18.6. The number of carboxylic acid groups (broad SMARTS) is 1. The molecule has 3 rings (SSSR count). The Morgan fingerprint density at radius 2 is 1.74 bits per heavy atom. The Labute approximate surface area is 181 Å². The van der Waals surface area contributed by atoms with Crippen LogP contribution in [-0.2, 0) is 6.61 Å². The van der Waals surface area contributed by atoms with Gasteiger partial charge in [0.05, 0.1) is 23.8 Å². The normalized spacial score (nSPS) is 10.9. The molecule has 3 aromatic rings. The summed E-state index contributed by atoms with van der Waals surface area (Å²) in [4.78, 5) is 11.0. The molecule has 3 aromatic carbocycles. The first kappa shape index (κ1) is 21.7. The first-order valence-electron chi connectivity index (χ1n) is 9.91. The number of rotatable bonds is 8. The Morgan fingerprint density at radius 3 is 2.39 bits per heavy atom. The van der Waals surface area contributed by atoms with Crippen LogP contribution in [-0.4, -0.2) is 17.7 Å². The smallest absolute Gasteiger partial charge is 0.335 e. The minimum atomic E-state index is -1.00. The van der Waals surface area contributed by atoms with Gasteiger partial charge in [-0.3, -0.25) is 0 Å². The van der Waals surface area contributed by atoms with Crippen molar-refractivity contribution in [1.82, 2.24) is 0 Å². The van der Waals surface area contributed by atoms with Crippen molar-refractivity contribution in [2.45, 2.75) is 20.5 Å². The monoisotopic (exact) mass is 413 g/mol. The van der Waals surface area contributed by atoms with Gasteiger partial charge in [-0.1, -0.05) is 48.0 Å². The predicted molar refractivity (Wildman–Crippen MR) is 120 cm³/mol. The summed E-state index contributed by atoms with van der Waals surface area (Å²) >= 11 is 0. The maximum absolute atomic E-state index is 11.0. The number of allylic oxidation sites excluding steroid dienone is 1. The standard InChI is InChI=1S/C26H23NO4/c1-3-30-25-15-19(7-12-24(25)31-17-20-6-4-5-18(2)13-20)14-23(16-27)21-8-10-22(11-9-21)26(28)29/h4-15H,3,17H2,1-2H3,(H,28,29)/b23-14-. The maximum atomic E-state index is 11.0. The van der Waals surface area contributed by atoms with Gasteiger partial charge in [-0.2, -0.15) is 5.26 Å². The van der Waals surface area contributed by atoms with E-state index in [0.29, 0.717) is 35.8 Å². The van der Waals surface area contributed by atoms with Gasteiger partial charge in [-0.15, -0.1) is 0 Å². The van der Waals surface area contributed by atoms with Crippen molar-refractivity contribution in [3.63, 3.8) is 0 Å². The van der Waals surface area contributed by atoms with Gasteiger partial charge in [-0.05, 0) is 60.9 Å². The summed E-state index contributed by atoms with van der Waals surface area (Å²) < 4.78 is 11.7. The van der Waals surface area contributed by atoms with Crippen molar-refractivity contribution in [2.75, 3.05) is 6.61 Å². The lowest BCUT2D eigenvalue weighted by Crippen LogP contribution is -2.00.